The van der Waals surface area contributed by atoms with Crippen LogP contribution in [0, 0.1) is 11.8 Å². The molecule has 0 aliphatic carbocycles. The van der Waals surface area contributed by atoms with Crippen LogP contribution < -0.4 is 0 Å². The molecule has 0 bridgehead atoms. The Hall–Kier alpha value is -1.38. The van der Waals surface area contributed by atoms with Crippen LogP contribution >= 0.6 is 0 Å². The first kappa shape index (κ1) is 15.7. The predicted molar refractivity (Wildman–Crippen MR) is 74.6 cm³/mol. The van der Waals surface area contributed by atoms with E-state index >= 15 is 0 Å². The highest BCUT2D eigenvalue weighted by Crippen LogP contribution is 2.07. The molecular weight excluding hydrogens is 242 g/mol. The molecule has 1 atom stereocenters. The lowest BCUT2D eigenvalue weighted by Gasteiger charge is -2.20. The Kier molecular flexibility index (Phi) is 7.16. The Labute approximate surface area is 114 Å². The third-order valence-corrected chi connectivity index (χ3v) is 2.57. The minimum absolute atomic E-state index is 0.132. The quantitative estimate of drug-likeness (QED) is 0.733. The van der Waals surface area contributed by atoms with Crippen molar-refractivity contribution in [3.05, 3.63) is 35.4 Å². The average molecular weight is 263 g/mol. The van der Waals surface area contributed by atoms with Gasteiger partial charge in [0.05, 0.1) is 12.7 Å². The molecular formula is C15H21NO3. The van der Waals surface area contributed by atoms with Crippen LogP contribution in [0.2, 0.25) is 0 Å². The van der Waals surface area contributed by atoms with Crippen molar-refractivity contribution in [2.75, 3.05) is 33.9 Å². The van der Waals surface area contributed by atoms with Crippen LogP contribution in [0.1, 0.15) is 11.1 Å². The van der Waals surface area contributed by atoms with Gasteiger partial charge in [0.15, 0.2) is 0 Å². The summed E-state index contributed by atoms with van der Waals surface area (Å²) in [6.45, 7) is 1.50. The second-order valence-electron chi connectivity index (χ2n) is 4.47. The van der Waals surface area contributed by atoms with Crippen LogP contribution in [0.15, 0.2) is 24.3 Å². The maximum Gasteiger partial charge on any atom is 0.104 e. The van der Waals surface area contributed by atoms with Gasteiger partial charge >= 0.3 is 0 Å². The third kappa shape index (κ3) is 6.37. The normalized spacial score (nSPS) is 12.1. The molecule has 1 unspecified atom stereocenters. The highest BCUT2D eigenvalue weighted by Gasteiger charge is 2.08. The molecule has 0 heterocycles. The van der Waals surface area contributed by atoms with E-state index in [4.69, 9.17) is 9.84 Å². The van der Waals surface area contributed by atoms with Gasteiger partial charge in [-0.05, 0) is 24.7 Å². The van der Waals surface area contributed by atoms with Gasteiger partial charge in [0, 0.05) is 25.8 Å². The smallest absolute Gasteiger partial charge is 0.104 e. The van der Waals surface area contributed by atoms with Crippen LogP contribution in [0.3, 0.4) is 0 Å². The Morgan fingerprint density at radius 2 is 2.21 bits per heavy atom. The van der Waals surface area contributed by atoms with Crippen molar-refractivity contribution in [2.45, 2.75) is 12.6 Å². The molecule has 0 aromatic heterocycles. The SMILES string of the molecule is COCC(O)CN(C)Cc1cccc(C#CCO)c1. The molecule has 4 heteroatoms. The maximum absolute atomic E-state index is 9.65. The second-order valence-corrected chi connectivity index (χ2v) is 4.47. The van der Waals surface area contributed by atoms with Gasteiger partial charge in [-0.2, -0.15) is 0 Å². The van der Waals surface area contributed by atoms with E-state index < -0.39 is 6.10 Å². The van der Waals surface area contributed by atoms with Crippen LogP contribution in [0.25, 0.3) is 0 Å². The number of hydrogen-bond donors (Lipinski definition) is 2. The molecule has 1 rings (SSSR count). The Morgan fingerprint density at radius 1 is 1.42 bits per heavy atom. The van der Waals surface area contributed by atoms with Crippen molar-refractivity contribution in [3.63, 3.8) is 0 Å². The topological polar surface area (TPSA) is 52.9 Å². The molecule has 104 valence electrons. The van der Waals surface area contributed by atoms with Crippen LogP contribution in [0.4, 0.5) is 0 Å². The lowest BCUT2D eigenvalue weighted by Crippen LogP contribution is -2.31. The molecule has 0 radical (unpaired) electrons. The fourth-order valence-corrected chi connectivity index (χ4v) is 1.87. The summed E-state index contributed by atoms with van der Waals surface area (Å²) in [7, 11) is 3.53. The zero-order valence-electron chi connectivity index (χ0n) is 11.5. The minimum atomic E-state index is -0.479. The van der Waals surface area contributed by atoms with E-state index in [0.29, 0.717) is 13.2 Å². The first-order valence-corrected chi connectivity index (χ1v) is 6.20. The highest BCUT2D eigenvalue weighted by atomic mass is 16.5. The molecule has 0 saturated carbocycles. The molecule has 19 heavy (non-hydrogen) atoms. The number of methoxy groups -OCH3 is 1. The molecule has 0 aliphatic heterocycles. The Bertz CT molecular complexity index is 437. The van der Waals surface area contributed by atoms with Gasteiger partial charge in [0.2, 0.25) is 0 Å². The summed E-state index contributed by atoms with van der Waals surface area (Å²) >= 11 is 0. The number of nitrogens with zero attached hydrogens (tertiary/aromatic N) is 1. The minimum Gasteiger partial charge on any atom is -0.389 e. The number of aliphatic hydroxyl groups excluding tert-OH is 2. The predicted octanol–water partition coefficient (Wildman–Crippen LogP) is 0.469. The summed E-state index contributed by atoms with van der Waals surface area (Å²) in [6.07, 6.45) is -0.479. The van der Waals surface area contributed by atoms with Gasteiger partial charge in [0.25, 0.3) is 0 Å². The fourth-order valence-electron chi connectivity index (χ4n) is 1.87. The monoisotopic (exact) mass is 263 g/mol. The average Bonchev–Trinajstić information content (AvgIpc) is 2.36. The molecule has 0 aliphatic rings. The maximum atomic E-state index is 9.65. The zero-order chi connectivity index (χ0) is 14.1. The van der Waals surface area contributed by atoms with E-state index in [1.54, 1.807) is 7.11 Å². The van der Waals surface area contributed by atoms with E-state index in [2.05, 4.69) is 11.8 Å². The first-order valence-electron chi connectivity index (χ1n) is 6.20. The van der Waals surface area contributed by atoms with Crippen LogP contribution in [-0.4, -0.2) is 55.1 Å². The Morgan fingerprint density at radius 3 is 2.89 bits per heavy atom. The molecule has 0 fully saturated rings. The van der Waals surface area contributed by atoms with Crippen LogP contribution in [-0.2, 0) is 11.3 Å². The standard InChI is InChI=1S/C15H21NO3/c1-16(11-15(18)12-19-2)10-14-6-3-5-13(9-14)7-4-8-17/h3,5-6,9,15,17-18H,8,10-12H2,1-2H3. The lowest BCUT2D eigenvalue weighted by atomic mass is 10.1. The lowest BCUT2D eigenvalue weighted by molar-refractivity contribution is 0.0419. The van der Waals surface area contributed by atoms with Crippen LogP contribution in [0.5, 0.6) is 0 Å². The van der Waals surface area contributed by atoms with Gasteiger partial charge in [-0.25, -0.2) is 0 Å². The van der Waals surface area contributed by atoms with Crippen molar-refractivity contribution >= 4 is 0 Å². The van der Waals surface area contributed by atoms with Crippen molar-refractivity contribution in [3.8, 4) is 11.8 Å². The summed E-state index contributed by atoms with van der Waals surface area (Å²) < 4.78 is 4.90. The summed E-state index contributed by atoms with van der Waals surface area (Å²) in [4.78, 5) is 2.03. The summed E-state index contributed by atoms with van der Waals surface area (Å²) in [5.41, 5.74) is 2.01. The summed E-state index contributed by atoms with van der Waals surface area (Å²) in [6, 6.07) is 7.85. The number of aliphatic hydroxyl groups is 2. The molecule has 4 nitrogen and oxygen atoms in total. The molecule has 0 spiro atoms. The van der Waals surface area contributed by atoms with Crippen molar-refractivity contribution < 1.29 is 14.9 Å². The number of rotatable bonds is 6. The van der Waals surface area contributed by atoms with Crippen molar-refractivity contribution in [2.24, 2.45) is 0 Å². The molecule has 0 saturated heterocycles. The summed E-state index contributed by atoms with van der Waals surface area (Å²) in [5, 5.41) is 18.3. The van der Waals surface area contributed by atoms with Gasteiger partial charge in [-0.1, -0.05) is 24.0 Å². The van der Waals surface area contributed by atoms with E-state index in [-0.39, 0.29) is 6.61 Å². The van der Waals surface area contributed by atoms with Crippen molar-refractivity contribution in [1.82, 2.24) is 4.90 Å². The number of benzene rings is 1. The van der Waals surface area contributed by atoms with Crippen molar-refractivity contribution in [1.29, 1.82) is 0 Å². The number of hydrogen-bond acceptors (Lipinski definition) is 4. The van der Waals surface area contributed by atoms with Gasteiger partial charge in [0.1, 0.15) is 6.61 Å². The zero-order valence-corrected chi connectivity index (χ0v) is 11.5. The third-order valence-electron chi connectivity index (χ3n) is 2.57. The number of ether oxygens (including phenoxy) is 1. The largest absolute Gasteiger partial charge is 0.389 e. The highest BCUT2D eigenvalue weighted by molar-refractivity contribution is 5.37. The number of likely N-dealkylation sites (N-methyl/N-ethyl adjacent to an activating group) is 1. The van der Waals surface area contributed by atoms with E-state index in [9.17, 15) is 5.11 Å². The molecule has 0 amide bonds. The van der Waals surface area contributed by atoms with Gasteiger partial charge in [-0.15, -0.1) is 0 Å². The molecule has 1 aromatic carbocycles. The van der Waals surface area contributed by atoms with Gasteiger partial charge in [-0.3, -0.25) is 4.90 Å². The first-order chi connectivity index (χ1) is 9.15. The van der Waals surface area contributed by atoms with Gasteiger partial charge < -0.3 is 14.9 Å². The summed E-state index contributed by atoms with van der Waals surface area (Å²) in [5.74, 6) is 5.51. The second kappa shape index (κ2) is 8.68. The Balaban J connectivity index is 2.56. The molecule has 1 aromatic rings. The van der Waals surface area contributed by atoms with E-state index in [1.807, 2.05) is 36.2 Å². The fraction of sp³-hybridized carbons (Fsp3) is 0.467. The van der Waals surface area contributed by atoms with E-state index in [1.165, 1.54) is 0 Å². The molecule has 2 N–H and O–H groups in total. The van der Waals surface area contributed by atoms with E-state index in [0.717, 1.165) is 17.7 Å².